The van der Waals surface area contributed by atoms with E-state index in [1.807, 2.05) is 13.0 Å². The molecule has 6 heteroatoms. The summed E-state index contributed by atoms with van der Waals surface area (Å²) < 4.78 is 5.50. The van der Waals surface area contributed by atoms with Crippen LogP contribution in [0.5, 0.6) is 0 Å². The van der Waals surface area contributed by atoms with Gasteiger partial charge in [-0.05, 0) is 37.3 Å². The van der Waals surface area contributed by atoms with Crippen LogP contribution in [0.25, 0.3) is 11.1 Å². The van der Waals surface area contributed by atoms with E-state index in [0.29, 0.717) is 17.1 Å². The van der Waals surface area contributed by atoms with E-state index in [0.717, 1.165) is 11.4 Å². The van der Waals surface area contributed by atoms with Crippen LogP contribution in [-0.2, 0) is 0 Å². The first-order valence-corrected chi connectivity index (χ1v) is 5.96. The lowest BCUT2D eigenvalue weighted by Gasteiger charge is -2.03. The normalized spacial score (nSPS) is 10.7. The van der Waals surface area contributed by atoms with Gasteiger partial charge in [-0.25, -0.2) is 4.79 Å². The SMILES string of the molecule is Cc1ncccc1Nc1nc2ccc(C(=O)O)cc2o1. The molecule has 0 saturated carbocycles. The zero-order valence-corrected chi connectivity index (χ0v) is 10.6. The minimum absolute atomic E-state index is 0.165. The molecule has 0 spiro atoms. The van der Waals surface area contributed by atoms with E-state index in [4.69, 9.17) is 9.52 Å². The van der Waals surface area contributed by atoms with Crippen molar-refractivity contribution in [3.63, 3.8) is 0 Å². The lowest BCUT2D eigenvalue weighted by molar-refractivity contribution is 0.0697. The summed E-state index contributed by atoms with van der Waals surface area (Å²) in [5.74, 6) is -0.999. The Morgan fingerprint density at radius 2 is 2.20 bits per heavy atom. The minimum Gasteiger partial charge on any atom is -0.478 e. The maximum absolute atomic E-state index is 10.9. The first-order valence-electron chi connectivity index (χ1n) is 5.96. The summed E-state index contributed by atoms with van der Waals surface area (Å²) in [7, 11) is 0. The molecule has 3 rings (SSSR count). The number of aromatic nitrogens is 2. The topological polar surface area (TPSA) is 88.2 Å². The molecule has 0 aliphatic heterocycles. The van der Waals surface area contributed by atoms with Gasteiger partial charge in [0.1, 0.15) is 5.52 Å². The predicted molar refractivity (Wildman–Crippen MR) is 73.2 cm³/mol. The minimum atomic E-state index is -0.999. The van der Waals surface area contributed by atoms with Gasteiger partial charge >= 0.3 is 5.97 Å². The van der Waals surface area contributed by atoms with Gasteiger partial charge < -0.3 is 14.8 Å². The Morgan fingerprint density at radius 1 is 1.35 bits per heavy atom. The van der Waals surface area contributed by atoms with Gasteiger partial charge in [-0.15, -0.1) is 0 Å². The van der Waals surface area contributed by atoms with Gasteiger partial charge in [0.05, 0.1) is 16.9 Å². The number of fused-ring (bicyclic) bond motifs is 1. The fourth-order valence-electron chi connectivity index (χ4n) is 1.84. The van der Waals surface area contributed by atoms with Crippen molar-refractivity contribution in [1.29, 1.82) is 0 Å². The molecule has 20 heavy (non-hydrogen) atoms. The molecule has 0 radical (unpaired) electrons. The number of carbonyl (C=O) groups is 1. The van der Waals surface area contributed by atoms with E-state index in [1.54, 1.807) is 18.3 Å². The third-order valence-electron chi connectivity index (χ3n) is 2.88. The summed E-state index contributed by atoms with van der Waals surface area (Å²) in [6.07, 6.45) is 1.70. The molecular formula is C14H11N3O3. The van der Waals surface area contributed by atoms with Crippen molar-refractivity contribution in [3.8, 4) is 0 Å². The van der Waals surface area contributed by atoms with Crippen LogP contribution in [0, 0.1) is 6.92 Å². The average Bonchev–Trinajstić information content (AvgIpc) is 2.82. The highest BCUT2D eigenvalue weighted by molar-refractivity contribution is 5.92. The number of carboxylic acids is 1. The van der Waals surface area contributed by atoms with Gasteiger partial charge in [-0.3, -0.25) is 4.98 Å². The van der Waals surface area contributed by atoms with Crippen LogP contribution in [0.4, 0.5) is 11.7 Å². The van der Waals surface area contributed by atoms with Gasteiger partial charge in [-0.1, -0.05) is 0 Å². The highest BCUT2D eigenvalue weighted by Gasteiger charge is 2.10. The molecule has 0 fully saturated rings. The second-order valence-electron chi connectivity index (χ2n) is 4.27. The van der Waals surface area contributed by atoms with Crippen molar-refractivity contribution in [2.75, 3.05) is 5.32 Å². The third-order valence-corrected chi connectivity index (χ3v) is 2.88. The van der Waals surface area contributed by atoms with Gasteiger partial charge in [0.25, 0.3) is 6.01 Å². The number of pyridine rings is 1. The fraction of sp³-hybridized carbons (Fsp3) is 0.0714. The van der Waals surface area contributed by atoms with Crippen LogP contribution in [-0.4, -0.2) is 21.0 Å². The Labute approximate surface area is 114 Å². The summed E-state index contributed by atoms with van der Waals surface area (Å²) >= 11 is 0. The van der Waals surface area contributed by atoms with Gasteiger partial charge in [0.2, 0.25) is 0 Å². The van der Waals surface area contributed by atoms with E-state index in [9.17, 15) is 4.79 Å². The zero-order valence-electron chi connectivity index (χ0n) is 10.6. The largest absolute Gasteiger partial charge is 0.478 e. The number of hydrogen-bond acceptors (Lipinski definition) is 5. The number of rotatable bonds is 3. The maximum atomic E-state index is 10.9. The number of benzene rings is 1. The Bertz CT molecular complexity index is 795. The van der Waals surface area contributed by atoms with Crippen LogP contribution in [0.1, 0.15) is 16.1 Å². The Kier molecular flexibility index (Phi) is 2.83. The third kappa shape index (κ3) is 2.18. The maximum Gasteiger partial charge on any atom is 0.335 e. The molecular weight excluding hydrogens is 258 g/mol. The number of nitrogens with zero attached hydrogens (tertiary/aromatic N) is 2. The monoisotopic (exact) mass is 269 g/mol. The van der Waals surface area contributed by atoms with E-state index in [2.05, 4.69) is 15.3 Å². The Morgan fingerprint density at radius 3 is 2.95 bits per heavy atom. The highest BCUT2D eigenvalue weighted by Crippen LogP contribution is 2.23. The Balaban J connectivity index is 1.97. The number of hydrogen-bond donors (Lipinski definition) is 2. The van der Waals surface area contributed by atoms with Crippen molar-refractivity contribution >= 4 is 28.8 Å². The molecule has 6 nitrogen and oxygen atoms in total. The van der Waals surface area contributed by atoms with Crippen molar-refractivity contribution in [1.82, 2.24) is 9.97 Å². The van der Waals surface area contributed by atoms with Crippen LogP contribution in [0.3, 0.4) is 0 Å². The summed E-state index contributed by atoms with van der Waals surface area (Å²) in [4.78, 5) is 19.3. The summed E-state index contributed by atoms with van der Waals surface area (Å²) in [6, 6.07) is 8.53. The molecule has 0 aliphatic carbocycles. The number of carboxylic acid groups (broad SMARTS) is 1. The number of anilines is 2. The molecule has 0 saturated heterocycles. The van der Waals surface area contributed by atoms with Crippen LogP contribution < -0.4 is 5.32 Å². The number of aromatic carboxylic acids is 1. The van der Waals surface area contributed by atoms with E-state index in [-0.39, 0.29) is 5.56 Å². The zero-order chi connectivity index (χ0) is 14.1. The van der Waals surface area contributed by atoms with Crippen molar-refractivity contribution in [3.05, 3.63) is 47.8 Å². The van der Waals surface area contributed by atoms with Crippen molar-refractivity contribution in [2.45, 2.75) is 6.92 Å². The van der Waals surface area contributed by atoms with Gasteiger partial charge in [0, 0.05) is 6.20 Å². The van der Waals surface area contributed by atoms with Crippen molar-refractivity contribution < 1.29 is 14.3 Å². The van der Waals surface area contributed by atoms with Gasteiger partial charge in [-0.2, -0.15) is 4.98 Å². The molecule has 100 valence electrons. The molecule has 0 atom stereocenters. The van der Waals surface area contributed by atoms with Gasteiger partial charge in [0.15, 0.2) is 5.58 Å². The quantitative estimate of drug-likeness (QED) is 0.760. The molecule has 0 bridgehead atoms. The predicted octanol–water partition coefficient (Wildman–Crippen LogP) is 2.97. The highest BCUT2D eigenvalue weighted by atomic mass is 16.4. The molecule has 2 aromatic heterocycles. The first kappa shape index (κ1) is 12.2. The molecule has 2 N–H and O–H groups in total. The van der Waals surface area contributed by atoms with E-state index >= 15 is 0 Å². The fourth-order valence-corrected chi connectivity index (χ4v) is 1.84. The standard InChI is InChI=1S/C14H11N3O3/c1-8-10(3-2-6-15-8)16-14-17-11-5-4-9(13(18)19)7-12(11)20-14/h2-7H,1H3,(H,16,17)(H,18,19). The van der Waals surface area contributed by atoms with Crippen LogP contribution in [0.2, 0.25) is 0 Å². The first-order chi connectivity index (χ1) is 9.63. The molecule has 1 aromatic carbocycles. The number of aryl methyl sites for hydroxylation is 1. The Hall–Kier alpha value is -2.89. The lowest BCUT2D eigenvalue weighted by Crippen LogP contribution is -1.94. The number of nitrogens with one attached hydrogen (secondary N) is 1. The van der Waals surface area contributed by atoms with Crippen molar-refractivity contribution in [2.24, 2.45) is 0 Å². The lowest BCUT2D eigenvalue weighted by atomic mass is 10.2. The van der Waals surface area contributed by atoms with Crippen LogP contribution in [0.15, 0.2) is 40.9 Å². The van der Waals surface area contributed by atoms with E-state index in [1.165, 1.54) is 12.1 Å². The number of oxazole rings is 1. The molecule has 2 heterocycles. The summed E-state index contributed by atoms with van der Waals surface area (Å²) in [6.45, 7) is 1.87. The van der Waals surface area contributed by atoms with Crippen LogP contribution >= 0.6 is 0 Å². The summed E-state index contributed by atoms with van der Waals surface area (Å²) in [5, 5.41) is 12.0. The average molecular weight is 269 g/mol. The van der Waals surface area contributed by atoms with E-state index < -0.39 is 5.97 Å². The molecule has 0 amide bonds. The smallest absolute Gasteiger partial charge is 0.335 e. The summed E-state index contributed by atoms with van der Waals surface area (Å²) in [5.41, 5.74) is 2.80. The second kappa shape index (κ2) is 4.65. The molecule has 3 aromatic rings. The molecule has 0 unspecified atom stereocenters. The second-order valence-corrected chi connectivity index (χ2v) is 4.27. The molecule has 0 aliphatic rings.